The van der Waals surface area contributed by atoms with Crippen molar-refractivity contribution in [2.45, 2.75) is 19.1 Å². The third kappa shape index (κ3) is 6.05. The van der Waals surface area contributed by atoms with Crippen LogP contribution in [0.15, 0.2) is 53.8 Å². The number of imidazole rings is 1. The number of rotatable bonds is 5. The van der Waals surface area contributed by atoms with Gasteiger partial charge < -0.3 is 15.0 Å². The third-order valence-electron chi connectivity index (χ3n) is 4.13. The lowest BCUT2D eigenvalue weighted by Gasteiger charge is -2.15. The summed E-state index contributed by atoms with van der Waals surface area (Å²) in [5.74, 6) is -0.577. The van der Waals surface area contributed by atoms with Gasteiger partial charge in [-0.05, 0) is 29.8 Å². The first-order chi connectivity index (χ1) is 13.4. The second-order valence-corrected chi connectivity index (χ2v) is 6.10. The fourth-order valence-corrected chi connectivity index (χ4v) is 2.78. The Kier molecular flexibility index (Phi) is 7.82. The van der Waals surface area contributed by atoms with Crippen molar-refractivity contribution >= 4 is 35.6 Å². The standard InChI is InChI=1S/C19H19F4N5.HI/c1-24-18(25-8-7-15-12-28-9-3-2-4-17(28)27-15)26-11-13-5-6-14(20)10-16(13)19(21,22)23;/h2-6,9-10,12H,7-8,11H2,1H3,(H2,24,25,26);1H. The molecule has 156 valence electrons. The molecule has 10 heteroatoms. The topological polar surface area (TPSA) is 53.7 Å². The maximum atomic E-state index is 13.2. The van der Waals surface area contributed by atoms with Crippen LogP contribution >= 0.6 is 24.0 Å². The van der Waals surface area contributed by atoms with Crippen molar-refractivity contribution in [1.29, 1.82) is 0 Å². The number of nitrogens with one attached hydrogen (secondary N) is 2. The summed E-state index contributed by atoms with van der Waals surface area (Å²) in [6, 6.07) is 8.34. The number of benzene rings is 1. The summed E-state index contributed by atoms with van der Waals surface area (Å²) < 4.78 is 54.3. The van der Waals surface area contributed by atoms with Crippen LogP contribution < -0.4 is 10.6 Å². The number of halogens is 5. The van der Waals surface area contributed by atoms with E-state index in [1.54, 1.807) is 0 Å². The minimum absolute atomic E-state index is 0. The highest BCUT2D eigenvalue weighted by Gasteiger charge is 2.33. The van der Waals surface area contributed by atoms with Gasteiger partial charge in [0.15, 0.2) is 5.96 Å². The molecule has 0 fully saturated rings. The summed E-state index contributed by atoms with van der Waals surface area (Å²) in [5, 5.41) is 5.86. The van der Waals surface area contributed by atoms with Crippen LogP contribution in [0.25, 0.3) is 5.65 Å². The first kappa shape index (κ1) is 22.9. The third-order valence-corrected chi connectivity index (χ3v) is 4.13. The molecule has 0 amide bonds. The number of hydrogen-bond acceptors (Lipinski definition) is 2. The summed E-state index contributed by atoms with van der Waals surface area (Å²) in [6.07, 6.45) is -0.187. The number of pyridine rings is 1. The highest BCUT2D eigenvalue weighted by atomic mass is 127. The number of aliphatic imine (C=N–C) groups is 1. The Bertz CT molecular complexity index is 951. The Balaban J connectivity index is 0.00000300. The van der Waals surface area contributed by atoms with Crippen LogP contribution in [0.5, 0.6) is 0 Å². The van der Waals surface area contributed by atoms with Crippen LogP contribution in [0, 0.1) is 5.82 Å². The zero-order valence-electron chi connectivity index (χ0n) is 15.5. The van der Waals surface area contributed by atoms with E-state index < -0.39 is 17.6 Å². The van der Waals surface area contributed by atoms with Gasteiger partial charge in [-0.1, -0.05) is 12.1 Å². The van der Waals surface area contributed by atoms with Crippen molar-refractivity contribution in [3.8, 4) is 0 Å². The fraction of sp³-hybridized carbons (Fsp3) is 0.263. The Labute approximate surface area is 182 Å². The maximum Gasteiger partial charge on any atom is 0.416 e. The molecule has 0 aliphatic carbocycles. The molecular formula is C19H20F4IN5. The summed E-state index contributed by atoms with van der Waals surface area (Å²) in [6.45, 7) is 0.363. The van der Waals surface area contributed by atoms with Crippen LogP contribution in [0.1, 0.15) is 16.8 Å². The molecule has 29 heavy (non-hydrogen) atoms. The van der Waals surface area contributed by atoms with Gasteiger partial charge in [-0.3, -0.25) is 4.99 Å². The van der Waals surface area contributed by atoms with Crippen LogP contribution in [-0.2, 0) is 19.1 Å². The van der Waals surface area contributed by atoms with Crippen molar-refractivity contribution in [3.05, 3.63) is 71.4 Å². The van der Waals surface area contributed by atoms with Gasteiger partial charge in [-0.2, -0.15) is 13.2 Å². The van der Waals surface area contributed by atoms with E-state index in [0.29, 0.717) is 25.0 Å². The van der Waals surface area contributed by atoms with Gasteiger partial charge in [0, 0.05) is 39.0 Å². The molecule has 0 spiro atoms. The van der Waals surface area contributed by atoms with Gasteiger partial charge in [0.05, 0.1) is 11.3 Å². The molecule has 0 saturated heterocycles. The zero-order valence-corrected chi connectivity index (χ0v) is 17.8. The first-order valence-electron chi connectivity index (χ1n) is 8.59. The number of aromatic nitrogens is 2. The van der Waals surface area contributed by atoms with Crippen LogP contribution in [0.4, 0.5) is 17.6 Å². The number of nitrogens with zero attached hydrogens (tertiary/aromatic N) is 3. The molecule has 1 aromatic carbocycles. The monoisotopic (exact) mass is 521 g/mol. The summed E-state index contributed by atoms with van der Waals surface area (Å²) in [7, 11) is 1.52. The number of guanidine groups is 1. The maximum absolute atomic E-state index is 13.2. The van der Waals surface area contributed by atoms with E-state index in [0.717, 1.165) is 23.5 Å². The van der Waals surface area contributed by atoms with E-state index in [9.17, 15) is 17.6 Å². The second-order valence-electron chi connectivity index (χ2n) is 6.10. The predicted octanol–water partition coefficient (Wildman–Crippen LogP) is 4.02. The smallest absolute Gasteiger partial charge is 0.356 e. The Morgan fingerprint density at radius 1 is 1.17 bits per heavy atom. The average Bonchev–Trinajstić information content (AvgIpc) is 3.07. The highest BCUT2D eigenvalue weighted by Crippen LogP contribution is 2.32. The zero-order chi connectivity index (χ0) is 20.1. The number of hydrogen-bond donors (Lipinski definition) is 2. The molecule has 0 saturated carbocycles. The van der Waals surface area contributed by atoms with Crippen LogP contribution in [-0.4, -0.2) is 28.9 Å². The van der Waals surface area contributed by atoms with Gasteiger partial charge in [-0.25, -0.2) is 9.37 Å². The normalized spacial score (nSPS) is 12.0. The van der Waals surface area contributed by atoms with E-state index in [-0.39, 0.29) is 36.1 Å². The van der Waals surface area contributed by atoms with Crippen molar-refractivity contribution in [3.63, 3.8) is 0 Å². The lowest BCUT2D eigenvalue weighted by atomic mass is 10.1. The van der Waals surface area contributed by atoms with Crippen LogP contribution in [0.3, 0.4) is 0 Å². The average molecular weight is 521 g/mol. The summed E-state index contributed by atoms with van der Waals surface area (Å²) in [5.41, 5.74) is 0.667. The highest BCUT2D eigenvalue weighted by molar-refractivity contribution is 14.0. The van der Waals surface area contributed by atoms with Gasteiger partial charge in [0.25, 0.3) is 0 Å². The molecule has 0 aliphatic rings. The van der Waals surface area contributed by atoms with E-state index in [2.05, 4.69) is 20.6 Å². The van der Waals surface area contributed by atoms with Crippen molar-refractivity contribution in [1.82, 2.24) is 20.0 Å². The lowest BCUT2D eigenvalue weighted by molar-refractivity contribution is -0.138. The minimum Gasteiger partial charge on any atom is -0.356 e. The van der Waals surface area contributed by atoms with Crippen molar-refractivity contribution < 1.29 is 17.6 Å². The predicted molar refractivity (Wildman–Crippen MR) is 114 cm³/mol. The Hall–Kier alpha value is -2.37. The lowest BCUT2D eigenvalue weighted by Crippen LogP contribution is -2.38. The molecule has 2 aromatic heterocycles. The fourth-order valence-electron chi connectivity index (χ4n) is 2.78. The molecule has 0 unspecified atom stereocenters. The molecule has 3 aromatic rings. The number of alkyl halides is 3. The summed E-state index contributed by atoms with van der Waals surface area (Å²) >= 11 is 0. The molecule has 3 rings (SSSR count). The van der Waals surface area contributed by atoms with Gasteiger partial charge in [0.2, 0.25) is 0 Å². The largest absolute Gasteiger partial charge is 0.416 e. The molecule has 5 nitrogen and oxygen atoms in total. The van der Waals surface area contributed by atoms with Crippen LogP contribution in [0.2, 0.25) is 0 Å². The first-order valence-corrected chi connectivity index (χ1v) is 8.59. The van der Waals surface area contributed by atoms with E-state index in [1.165, 1.54) is 7.05 Å². The van der Waals surface area contributed by atoms with E-state index in [4.69, 9.17) is 0 Å². The molecular weight excluding hydrogens is 501 g/mol. The molecule has 0 radical (unpaired) electrons. The van der Waals surface area contributed by atoms with Gasteiger partial charge in [0.1, 0.15) is 11.5 Å². The summed E-state index contributed by atoms with van der Waals surface area (Å²) in [4.78, 5) is 8.48. The van der Waals surface area contributed by atoms with E-state index >= 15 is 0 Å². The molecule has 2 heterocycles. The van der Waals surface area contributed by atoms with Gasteiger partial charge in [-0.15, -0.1) is 24.0 Å². The Morgan fingerprint density at radius 3 is 2.66 bits per heavy atom. The van der Waals surface area contributed by atoms with Gasteiger partial charge >= 0.3 is 6.18 Å². The quantitative estimate of drug-likeness (QED) is 0.231. The molecule has 0 aliphatic heterocycles. The Morgan fingerprint density at radius 2 is 1.97 bits per heavy atom. The molecule has 2 N–H and O–H groups in total. The minimum atomic E-state index is -4.63. The number of fused-ring (bicyclic) bond motifs is 1. The molecule has 0 bridgehead atoms. The SMILES string of the molecule is CN=C(NCCc1cn2ccccc2n1)NCc1ccc(F)cc1C(F)(F)F.I. The van der Waals surface area contributed by atoms with Crippen molar-refractivity contribution in [2.24, 2.45) is 4.99 Å². The van der Waals surface area contributed by atoms with Crippen molar-refractivity contribution in [2.75, 3.05) is 13.6 Å². The molecule has 0 atom stereocenters. The second kappa shape index (κ2) is 9.90. The van der Waals surface area contributed by atoms with E-state index in [1.807, 2.05) is 35.0 Å².